The SMILES string of the molecule is C[C@H](c1cccs1)N(C)C(=O)C[C@]1(c2ccccc2)CC(=O)N(CCCOc2cccnc2)C1=O. The van der Waals surface area contributed by atoms with E-state index < -0.39 is 5.41 Å². The molecule has 0 aliphatic carbocycles. The zero-order valence-electron chi connectivity index (χ0n) is 19.9. The van der Waals surface area contributed by atoms with Crippen LogP contribution in [0.4, 0.5) is 0 Å². The average molecular weight is 492 g/mol. The highest BCUT2D eigenvalue weighted by Gasteiger charge is 2.53. The lowest BCUT2D eigenvalue weighted by Crippen LogP contribution is -2.43. The molecular formula is C27H29N3O4S. The minimum absolute atomic E-state index is 0.0216. The highest BCUT2D eigenvalue weighted by molar-refractivity contribution is 7.10. The monoisotopic (exact) mass is 491 g/mol. The Morgan fingerprint density at radius 3 is 2.66 bits per heavy atom. The lowest BCUT2D eigenvalue weighted by Gasteiger charge is -2.31. The topological polar surface area (TPSA) is 79.8 Å². The number of amides is 3. The second kappa shape index (κ2) is 10.8. The molecule has 0 spiro atoms. The molecule has 7 nitrogen and oxygen atoms in total. The van der Waals surface area contributed by atoms with Crippen molar-refractivity contribution in [3.63, 3.8) is 0 Å². The fraction of sp³-hybridized carbons (Fsp3) is 0.333. The average Bonchev–Trinajstić information content (AvgIpc) is 3.50. The summed E-state index contributed by atoms with van der Waals surface area (Å²) < 4.78 is 5.66. The van der Waals surface area contributed by atoms with E-state index in [-0.39, 0.29) is 43.1 Å². The third-order valence-corrected chi connectivity index (χ3v) is 7.59. The highest BCUT2D eigenvalue weighted by Crippen LogP contribution is 2.41. The van der Waals surface area contributed by atoms with Crippen LogP contribution in [0.1, 0.15) is 42.7 Å². The van der Waals surface area contributed by atoms with Crippen LogP contribution in [0.3, 0.4) is 0 Å². The molecular weight excluding hydrogens is 462 g/mol. The number of nitrogens with zero attached hydrogens (tertiary/aromatic N) is 3. The molecule has 1 aliphatic rings. The van der Waals surface area contributed by atoms with E-state index >= 15 is 0 Å². The predicted octanol–water partition coefficient (Wildman–Crippen LogP) is 4.22. The number of imide groups is 1. The van der Waals surface area contributed by atoms with Crippen molar-refractivity contribution in [2.45, 2.75) is 37.6 Å². The van der Waals surface area contributed by atoms with Crippen LogP contribution < -0.4 is 4.74 Å². The van der Waals surface area contributed by atoms with E-state index in [1.165, 1.54) is 4.90 Å². The number of likely N-dealkylation sites (tertiary alicyclic amines) is 1. The number of rotatable bonds is 10. The van der Waals surface area contributed by atoms with E-state index in [2.05, 4.69) is 4.98 Å². The molecule has 1 aliphatic heterocycles. The molecule has 182 valence electrons. The molecule has 2 aromatic heterocycles. The summed E-state index contributed by atoms with van der Waals surface area (Å²) in [5, 5.41) is 1.98. The predicted molar refractivity (Wildman–Crippen MR) is 134 cm³/mol. The normalized spacial score (nSPS) is 18.5. The number of aromatic nitrogens is 1. The summed E-state index contributed by atoms with van der Waals surface area (Å²) in [4.78, 5) is 48.2. The maximum atomic E-state index is 13.7. The lowest BCUT2D eigenvalue weighted by molar-refractivity contribution is -0.143. The van der Waals surface area contributed by atoms with Crippen LogP contribution in [0.2, 0.25) is 0 Å². The van der Waals surface area contributed by atoms with Gasteiger partial charge in [-0.15, -0.1) is 11.3 Å². The number of benzene rings is 1. The molecule has 0 bridgehead atoms. The first kappa shape index (κ1) is 24.6. The lowest BCUT2D eigenvalue weighted by atomic mass is 9.75. The van der Waals surface area contributed by atoms with Gasteiger partial charge in [-0.2, -0.15) is 0 Å². The molecule has 3 amide bonds. The number of pyridine rings is 1. The fourth-order valence-corrected chi connectivity index (χ4v) is 5.24. The molecule has 35 heavy (non-hydrogen) atoms. The van der Waals surface area contributed by atoms with Crippen molar-refractivity contribution in [1.82, 2.24) is 14.8 Å². The number of carbonyl (C=O) groups is 3. The van der Waals surface area contributed by atoms with Gasteiger partial charge in [0.15, 0.2) is 0 Å². The van der Waals surface area contributed by atoms with Gasteiger partial charge >= 0.3 is 0 Å². The Morgan fingerprint density at radius 2 is 1.97 bits per heavy atom. The van der Waals surface area contributed by atoms with Gasteiger partial charge in [-0.05, 0) is 42.5 Å². The molecule has 3 aromatic rings. The van der Waals surface area contributed by atoms with E-state index in [0.717, 1.165) is 4.88 Å². The smallest absolute Gasteiger partial charge is 0.240 e. The van der Waals surface area contributed by atoms with E-state index in [1.54, 1.807) is 47.8 Å². The molecule has 1 aromatic carbocycles. The Bertz CT molecular complexity index is 1150. The molecule has 8 heteroatoms. The van der Waals surface area contributed by atoms with Gasteiger partial charge in [0.25, 0.3) is 0 Å². The Hall–Kier alpha value is -3.52. The van der Waals surface area contributed by atoms with Gasteiger partial charge in [0.05, 0.1) is 24.3 Å². The Balaban J connectivity index is 1.49. The van der Waals surface area contributed by atoms with Gasteiger partial charge in [-0.3, -0.25) is 24.3 Å². The number of carbonyl (C=O) groups excluding carboxylic acids is 3. The number of hydrogen-bond donors (Lipinski definition) is 0. The molecule has 1 fully saturated rings. The van der Waals surface area contributed by atoms with E-state index in [0.29, 0.717) is 24.3 Å². The Morgan fingerprint density at radius 1 is 1.17 bits per heavy atom. The summed E-state index contributed by atoms with van der Waals surface area (Å²) in [7, 11) is 1.75. The first-order valence-electron chi connectivity index (χ1n) is 11.6. The van der Waals surface area contributed by atoms with Gasteiger partial charge in [0.2, 0.25) is 17.7 Å². The van der Waals surface area contributed by atoms with Crippen LogP contribution in [-0.2, 0) is 19.8 Å². The third-order valence-electron chi connectivity index (χ3n) is 6.55. The minimum Gasteiger partial charge on any atom is -0.492 e. The molecule has 0 saturated carbocycles. The first-order valence-corrected chi connectivity index (χ1v) is 12.5. The molecule has 0 unspecified atom stereocenters. The molecule has 0 radical (unpaired) electrons. The summed E-state index contributed by atoms with van der Waals surface area (Å²) in [6.45, 7) is 2.55. The summed E-state index contributed by atoms with van der Waals surface area (Å²) in [6.07, 6.45) is 3.69. The zero-order valence-corrected chi connectivity index (χ0v) is 20.7. The molecule has 4 rings (SSSR count). The second-order valence-electron chi connectivity index (χ2n) is 8.74. The third kappa shape index (κ3) is 5.27. The Labute approximate surface area is 209 Å². The van der Waals surface area contributed by atoms with Crippen LogP contribution in [0, 0.1) is 0 Å². The fourth-order valence-electron chi connectivity index (χ4n) is 4.41. The minimum atomic E-state index is -1.21. The summed E-state index contributed by atoms with van der Waals surface area (Å²) in [6, 6.07) is 16.6. The van der Waals surface area contributed by atoms with Crippen molar-refractivity contribution < 1.29 is 19.1 Å². The van der Waals surface area contributed by atoms with E-state index in [1.807, 2.05) is 54.8 Å². The van der Waals surface area contributed by atoms with Crippen molar-refractivity contribution in [3.05, 3.63) is 82.8 Å². The number of hydrogen-bond acceptors (Lipinski definition) is 6. The van der Waals surface area contributed by atoms with Gasteiger partial charge in [0.1, 0.15) is 5.75 Å². The van der Waals surface area contributed by atoms with Gasteiger partial charge in [-0.1, -0.05) is 36.4 Å². The molecule has 1 saturated heterocycles. The van der Waals surface area contributed by atoms with Crippen LogP contribution in [-0.4, -0.2) is 52.7 Å². The Kier molecular flexibility index (Phi) is 7.60. The van der Waals surface area contributed by atoms with Crippen molar-refractivity contribution in [2.24, 2.45) is 0 Å². The second-order valence-corrected chi connectivity index (χ2v) is 9.72. The number of ether oxygens (including phenoxy) is 1. The molecule has 0 N–H and O–H groups in total. The van der Waals surface area contributed by atoms with Crippen molar-refractivity contribution in [3.8, 4) is 5.75 Å². The summed E-state index contributed by atoms with van der Waals surface area (Å²) in [5.74, 6) is -0.112. The summed E-state index contributed by atoms with van der Waals surface area (Å²) in [5.41, 5.74) is -0.513. The zero-order chi connectivity index (χ0) is 24.8. The van der Waals surface area contributed by atoms with Gasteiger partial charge in [0, 0.05) is 37.5 Å². The van der Waals surface area contributed by atoms with Gasteiger partial charge in [-0.25, -0.2) is 0 Å². The molecule has 3 heterocycles. The van der Waals surface area contributed by atoms with Crippen LogP contribution >= 0.6 is 11.3 Å². The van der Waals surface area contributed by atoms with E-state index in [9.17, 15) is 14.4 Å². The van der Waals surface area contributed by atoms with Crippen molar-refractivity contribution >= 4 is 29.1 Å². The van der Waals surface area contributed by atoms with Crippen molar-refractivity contribution in [1.29, 1.82) is 0 Å². The standard InChI is InChI=1S/C27H29N3O4S/c1-20(23-12-7-16-35-23)29(2)24(31)17-27(21-9-4-3-5-10-21)18-25(32)30(26(27)33)14-8-15-34-22-11-6-13-28-19-22/h3-7,9-13,16,19-20H,8,14-15,17-18H2,1-2H3/t20-,27-/m1/s1. The van der Waals surface area contributed by atoms with Crippen LogP contribution in [0.15, 0.2) is 72.4 Å². The summed E-state index contributed by atoms with van der Waals surface area (Å²) >= 11 is 1.59. The van der Waals surface area contributed by atoms with Crippen LogP contribution in [0.25, 0.3) is 0 Å². The number of thiophene rings is 1. The van der Waals surface area contributed by atoms with E-state index in [4.69, 9.17) is 4.74 Å². The van der Waals surface area contributed by atoms with Crippen molar-refractivity contribution in [2.75, 3.05) is 20.2 Å². The quantitative estimate of drug-likeness (QED) is 0.313. The maximum Gasteiger partial charge on any atom is 0.240 e. The maximum absolute atomic E-state index is 13.7. The largest absolute Gasteiger partial charge is 0.492 e. The first-order chi connectivity index (χ1) is 16.9. The molecule has 2 atom stereocenters. The van der Waals surface area contributed by atoms with Crippen LogP contribution in [0.5, 0.6) is 5.75 Å². The highest BCUT2D eigenvalue weighted by atomic mass is 32.1. The van der Waals surface area contributed by atoms with Gasteiger partial charge < -0.3 is 9.64 Å².